The van der Waals surface area contributed by atoms with Crippen LogP contribution in [0.25, 0.3) is 0 Å². The molecule has 0 radical (unpaired) electrons. The van der Waals surface area contributed by atoms with Gasteiger partial charge in [-0.05, 0) is 33.8 Å². The molecule has 1 aromatic heterocycles. The van der Waals surface area contributed by atoms with Gasteiger partial charge in [-0.3, -0.25) is 4.57 Å². The van der Waals surface area contributed by atoms with E-state index < -0.39 is 38.6 Å². The van der Waals surface area contributed by atoms with Crippen LogP contribution in [0.3, 0.4) is 0 Å². The summed E-state index contributed by atoms with van der Waals surface area (Å²) in [6.07, 6.45) is -3.14. The first-order valence-electron chi connectivity index (χ1n) is 8.39. The van der Waals surface area contributed by atoms with E-state index in [1.807, 2.05) is 32.4 Å². The van der Waals surface area contributed by atoms with Crippen molar-refractivity contribution in [3.63, 3.8) is 0 Å². The molecule has 1 aromatic rings. The molecule has 2 saturated heterocycles. The van der Waals surface area contributed by atoms with Gasteiger partial charge in [0.2, 0.25) is 6.23 Å². The van der Waals surface area contributed by atoms with Gasteiger partial charge in [-0.2, -0.15) is 13.8 Å². The highest BCUT2D eigenvalue weighted by Crippen LogP contribution is 2.57. The number of nitrogens with two attached hydrogens (primary N) is 1. The van der Waals surface area contributed by atoms with Crippen molar-refractivity contribution < 1.29 is 22.6 Å². The third-order valence-corrected chi connectivity index (χ3v) is 6.33. The Morgan fingerprint density at radius 2 is 2.04 bits per heavy atom. The third kappa shape index (κ3) is 3.36. The molecule has 26 heavy (non-hydrogen) atoms. The fourth-order valence-electron chi connectivity index (χ4n) is 3.20. The lowest BCUT2D eigenvalue weighted by Crippen LogP contribution is -2.47. The lowest BCUT2D eigenvalue weighted by Gasteiger charge is -2.41. The van der Waals surface area contributed by atoms with Crippen molar-refractivity contribution >= 4 is 14.3 Å². The molecule has 3 rings (SSSR count). The Morgan fingerprint density at radius 3 is 2.62 bits per heavy atom. The van der Waals surface area contributed by atoms with Gasteiger partial charge in [-0.15, -0.1) is 0 Å². The van der Waals surface area contributed by atoms with E-state index >= 15 is 8.78 Å². The predicted molar refractivity (Wildman–Crippen MR) is 91.6 cm³/mol. The average Bonchev–Trinajstić information content (AvgIpc) is 2.78. The predicted octanol–water partition coefficient (Wildman–Crippen LogP) is 2.12. The molecule has 2 aliphatic rings. The molecule has 2 aliphatic heterocycles. The van der Waals surface area contributed by atoms with Crippen LogP contribution >= 0.6 is 8.53 Å². The van der Waals surface area contributed by atoms with E-state index in [4.69, 9.17) is 19.5 Å². The summed E-state index contributed by atoms with van der Waals surface area (Å²) >= 11 is 0. The molecule has 2 fully saturated rings. The number of ether oxygens (including phenoxy) is 1. The fourth-order valence-corrected chi connectivity index (χ4v) is 5.00. The molecule has 0 saturated carbocycles. The second kappa shape index (κ2) is 7.09. The zero-order valence-electron chi connectivity index (χ0n) is 15.0. The number of aromatic nitrogens is 2. The normalized spacial score (nSPS) is 31.0. The highest BCUT2D eigenvalue weighted by Gasteiger charge is 2.64. The monoisotopic (exact) mass is 392 g/mol. The Balaban J connectivity index is 1.86. The summed E-state index contributed by atoms with van der Waals surface area (Å²) in [5.74, 6) is -3.46. The van der Waals surface area contributed by atoms with Crippen LogP contribution in [0.2, 0.25) is 0 Å². The van der Waals surface area contributed by atoms with Crippen LogP contribution in [0.4, 0.5) is 14.6 Å². The molecule has 8 nitrogen and oxygen atoms in total. The molecular formula is C15H23F2N4O4P. The topological polar surface area (TPSA) is 91.8 Å². The van der Waals surface area contributed by atoms with Crippen LogP contribution in [0.5, 0.6) is 0 Å². The van der Waals surface area contributed by atoms with Crippen LogP contribution in [-0.2, 0) is 13.8 Å². The van der Waals surface area contributed by atoms with Gasteiger partial charge in [0.25, 0.3) is 8.53 Å². The molecule has 0 amide bonds. The molecule has 4 atom stereocenters. The molecule has 146 valence electrons. The van der Waals surface area contributed by atoms with E-state index in [-0.39, 0.29) is 24.5 Å². The lowest BCUT2D eigenvalue weighted by molar-refractivity contribution is -0.135. The van der Waals surface area contributed by atoms with Crippen molar-refractivity contribution in [2.45, 2.75) is 64.1 Å². The molecule has 0 spiro atoms. The van der Waals surface area contributed by atoms with E-state index in [0.717, 1.165) is 10.8 Å². The Bertz CT molecular complexity index is 709. The molecule has 2 N–H and O–H groups in total. The highest BCUT2D eigenvalue weighted by molar-refractivity contribution is 7.44. The van der Waals surface area contributed by atoms with Crippen molar-refractivity contribution in [3.05, 3.63) is 22.7 Å². The maximum Gasteiger partial charge on any atom is 0.351 e. The van der Waals surface area contributed by atoms with E-state index in [0.29, 0.717) is 0 Å². The summed E-state index contributed by atoms with van der Waals surface area (Å²) in [7, 11) is -1.65. The van der Waals surface area contributed by atoms with Crippen molar-refractivity contribution in [1.82, 2.24) is 14.2 Å². The second-order valence-corrected chi connectivity index (χ2v) is 8.28. The first-order chi connectivity index (χ1) is 12.1. The van der Waals surface area contributed by atoms with E-state index in [1.165, 1.54) is 6.07 Å². The summed E-state index contributed by atoms with van der Waals surface area (Å²) < 4.78 is 49.5. The van der Waals surface area contributed by atoms with Gasteiger partial charge in [0.15, 0.2) is 6.10 Å². The van der Waals surface area contributed by atoms with E-state index in [1.54, 1.807) is 0 Å². The van der Waals surface area contributed by atoms with Gasteiger partial charge in [-0.25, -0.2) is 9.46 Å². The van der Waals surface area contributed by atoms with Crippen LogP contribution in [0.1, 0.15) is 33.9 Å². The summed E-state index contributed by atoms with van der Waals surface area (Å²) in [5, 5.41) is 0. The summed E-state index contributed by atoms with van der Waals surface area (Å²) in [4.78, 5) is 15.4. The summed E-state index contributed by atoms with van der Waals surface area (Å²) in [6, 6.07) is 1.40. The van der Waals surface area contributed by atoms with Crippen molar-refractivity contribution in [2.24, 2.45) is 0 Å². The zero-order chi connectivity index (χ0) is 19.2. The fraction of sp³-hybridized carbons (Fsp3) is 0.733. The number of halogens is 2. The van der Waals surface area contributed by atoms with Crippen molar-refractivity contribution in [3.8, 4) is 0 Å². The molecule has 0 bridgehead atoms. The average molecular weight is 392 g/mol. The van der Waals surface area contributed by atoms with Gasteiger partial charge in [0.05, 0.1) is 6.61 Å². The molecule has 4 unspecified atom stereocenters. The largest absolute Gasteiger partial charge is 0.383 e. The zero-order valence-corrected chi connectivity index (χ0v) is 15.9. The van der Waals surface area contributed by atoms with Crippen LogP contribution in [0.15, 0.2) is 17.1 Å². The lowest BCUT2D eigenvalue weighted by atomic mass is 10.1. The van der Waals surface area contributed by atoms with Gasteiger partial charge in [0, 0.05) is 18.3 Å². The number of hydrogen-bond donors (Lipinski definition) is 1. The third-order valence-electron chi connectivity index (χ3n) is 4.25. The van der Waals surface area contributed by atoms with Crippen molar-refractivity contribution in [1.29, 1.82) is 0 Å². The van der Waals surface area contributed by atoms with E-state index in [2.05, 4.69) is 4.98 Å². The maximum atomic E-state index is 15.0. The van der Waals surface area contributed by atoms with Gasteiger partial charge in [0.1, 0.15) is 11.9 Å². The number of anilines is 1. The smallest absolute Gasteiger partial charge is 0.351 e. The second-order valence-electron chi connectivity index (χ2n) is 6.87. The van der Waals surface area contributed by atoms with Gasteiger partial charge in [-0.1, -0.05) is 0 Å². The number of fused-ring (bicyclic) bond motifs is 1. The molecule has 3 heterocycles. The van der Waals surface area contributed by atoms with Crippen LogP contribution in [0, 0.1) is 0 Å². The van der Waals surface area contributed by atoms with Crippen molar-refractivity contribution in [2.75, 3.05) is 12.3 Å². The molecule has 0 aromatic carbocycles. The minimum absolute atomic E-state index is 0.0322. The standard InChI is InChI=1S/C15H23F2N4O4P/c1-8(2)21(9(3)4)26-23-7-10-12(25-26)15(16,17)13(24-10)20-6-5-11(18)19-14(20)22/h5-6,8-10,12-13H,7H2,1-4H3,(H2,18,19,22). The summed E-state index contributed by atoms with van der Waals surface area (Å²) in [5.41, 5.74) is 4.52. The maximum absolute atomic E-state index is 15.0. The minimum Gasteiger partial charge on any atom is -0.383 e. The SMILES string of the molecule is CC(C)N(C(C)C)P1OCC2OC(n3ccc(N)nc3=O)C(F)(F)C2O1. The highest BCUT2D eigenvalue weighted by atomic mass is 31.2. The Labute approximate surface area is 151 Å². The number of alkyl halides is 2. The molecule has 0 aliphatic carbocycles. The minimum atomic E-state index is -3.42. The van der Waals surface area contributed by atoms with Gasteiger partial charge >= 0.3 is 11.6 Å². The Kier molecular flexibility index (Phi) is 5.33. The molecule has 11 heteroatoms. The first kappa shape index (κ1) is 19.6. The van der Waals surface area contributed by atoms with E-state index in [9.17, 15) is 4.79 Å². The first-order valence-corrected chi connectivity index (χ1v) is 9.52. The van der Waals surface area contributed by atoms with Gasteiger partial charge < -0.3 is 19.5 Å². The number of rotatable bonds is 4. The number of nitrogens with zero attached hydrogens (tertiary/aromatic N) is 3. The Hall–Kier alpha value is -1.19. The van der Waals surface area contributed by atoms with Crippen LogP contribution < -0.4 is 11.4 Å². The number of nitrogen functional groups attached to an aromatic ring is 1. The number of hydrogen-bond acceptors (Lipinski definition) is 7. The quantitative estimate of drug-likeness (QED) is 0.785. The molecular weight excluding hydrogens is 369 g/mol. The van der Waals surface area contributed by atoms with Crippen LogP contribution in [-0.4, -0.2) is 51.0 Å². The Morgan fingerprint density at radius 1 is 1.38 bits per heavy atom. The summed E-state index contributed by atoms with van der Waals surface area (Å²) in [6.45, 7) is 7.77.